The van der Waals surface area contributed by atoms with Crippen LogP contribution in [0.25, 0.3) is 0 Å². The summed E-state index contributed by atoms with van der Waals surface area (Å²) in [7, 11) is 3.19. The number of Topliss-reactive ketones (excluding diaryl/α,β-unsaturated/α-hetero) is 1. The Morgan fingerprint density at radius 3 is 2.59 bits per heavy atom. The average Bonchev–Trinajstić information content (AvgIpc) is 2.30. The molecule has 0 atom stereocenters. The molecule has 1 aromatic rings. The van der Waals surface area contributed by atoms with Crippen LogP contribution < -0.4 is 9.47 Å². The van der Waals surface area contributed by atoms with E-state index in [2.05, 4.69) is 0 Å². The lowest BCUT2D eigenvalue weighted by molar-refractivity contribution is -0.116. The highest BCUT2D eigenvalue weighted by molar-refractivity contribution is 5.79. The molecule has 1 aromatic carbocycles. The number of rotatable bonds is 7. The first-order chi connectivity index (χ1) is 8.19. The minimum Gasteiger partial charge on any atom is -0.493 e. The Morgan fingerprint density at radius 1 is 1.24 bits per heavy atom. The third-order valence-corrected chi connectivity index (χ3v) is 2.25. The zero-order valence-electron chi connectivity index (χ0n) is 10.5. The summed E-state index contributed by atoms with van der Waals surface area (Å²) in [5, 5.41) is 0. The minimum absolute atomic E-state index is 0.0924. The monoisotopic (exact) mass is 238 g/mol. The molecule has 0 aliphatic carbocycles. The van der Waals surface area contributed by atoms with E-state index in [1.165, 1.54) is 0 Å². The van der Waals surface area contributed by atoms with Crippen LogP contribution in [-0.4, -0.2) is 33.2 Å². The Morgan fingerprint density at radius 2 is 2.00 bits per heavy atom. The van der Waals surface area contributed by atoms with Crippen molar-refractivity contribution < 1.29 is 19.0 Å². The summed E-state index contributed by atoms with van der Waals surface area (Å²) in [4.78, 5) is 11.2. The van der Waals surface area contributed by atoms with Crippen LogP contribution in [-0.2, 0) is 16.0 Å². The van der Waals surface area contributed by atoms with E-state index in [1.54, 1.807) is 21.1 Å². The first-order valence-corrected chi connectivity index (χ1v) is 5.46. The summed E-state index contributed by atoms with van der Waals surface area (Å²) in [6, 6.07) is 5.53. The predicted molar refractivity (Wildman–Crippen MR) is 64.8 cm³/mol. The van der Waals surface area contributed by atoms with Gasteiger partial charge in [-0.3, -0.25) is 4.79 Å². The van der Waals surface area contributed by atoms with Crippen LogP contribution in [0.15, 0.2) is 18.2 Å². The normalized spacial score (nSPS) is 10.1. The molecule has 0 saturated heterocycles. The van der Waals surface area contributed by atoms with E-state index < -0.39 is 0 Å². The van der Waals surface area contributed by atoms with E-state index in [0.717, 1.165) is 5.56 Å². The van der Waals surface area contributed by atoms with Crippen molar-refractivity contribution in [2.45, 2.75) is 13.3 Å². The fourth-order valence-electron chi connectivity index (χ4n) is 1.52. The van der Waals surface area contributed by atoms with E-state index in [0.29, 0.717) is 31.1 Å². The fourth-order valence-corrected chi connectivity index (χ4v) is 1.52. The van der Waals surface area contributed by atoms with Gasteiger partial charge in [0.25, 0.3) is 0 Å². The molecule has 0 aliphatic heterocycles. The molecule has 94 valence electrons. The zero-order chi connectivity index (χ0) is 12.7. The maximum absolute atomic E-state index is 11.2. The summed E-state index contributed by atoms with van der Waals surface area (Å²) >= 11 is 0. The maximum atomic E-state index is 11.2. The highest BCUT2D eigenvalue weighted by Gasteiger charge is 2.11. The second kappa shape index (κ2) is 6.91. The lowest BCUT2D eigenvalue weighted by Crippen LogP contribution is -2.08. The van der Waals surface area contributed by atoms with Crippen molar-refractivity contribution >= 4 is 5.78 Å². The van der Waals surface area contributed by atoms with Crippen molar-refractivity contribution in [3.05, 3.63) is 23.8 Å². The van der Waals surface area contributed by atoms with Crippen molar-refractivity contribution in [1.29, 1.82) is 0 Å². The van der Waals surface area contributed by atoms with Gasteiger partial charge in [-0.15, -0.1) is 0 Å². The van der Waals surface area contributed by atoms with Crippen LogP contribution in [0.4, 0.5) is 0 Å². The second-order valence-electron chi connectivity index (χ2n) is 3.67. The number of para-hydroxylation sites is 1. The van der Waals surface area contributed by atoms with Crippen LogP contribution >= 0.6 is 0 Å². The Kier molecular flexibility index (Phi) is 5.49. The van der Waals surface area contributed by atoms with Crippen molar-refractivity contribution in [1.82, 2.24) is 0 Å². The molecule has 0 aliphatic rings. The predicted octanol–water partition coefficient (Wildman–Crippen LogP) is 1.85. The van der Waals surface area contributed by atoms with E-state index in [9.17, 15) is 4.79 Å². The Bertz CT molecular complexity index is 374. The molecule has 0 aromatic heterocycles. The van der Waals surface area contributed by atoms with Crippen molar-refractivity contribution in [3.8, 4) is 11.5 Å². The molecular formula is C13H18O4. The smallest absolute Gasteiger partial charge is 0.164 e. The number of carbonyl (C=O) groups excluding carboxylic acids is 1. The number of methoxy groups -OCH3 is 2. The largest absolute Gasteiger partial charge is 0.493 e. The van der Waals surface area contributed by atoms with Gasteiger partial charge in [-0.25, -0.2) is 0 Å². The fraction of sp³-hybridized carbons (Fsp3) is 0.462. The van der Waals surface area contributed by atoms with E-state index in [4.69, 9.17) is 14.2 Å². The Labute approximate surface area is 101 Å². The van der Waals surface area contributed by atoms with Gasteiger partial charge in [-0.2, -0.15) is 0 Å². The summed E-state index contributed by atoms with van der Waals surface area (Å²) in [6.45, 7) is 2.48. The molecule has 0 radical (unpaired) electrons. The Hall–Kier alpha value is -1.55. The third-order valence-electron chi connectivity index (χ3n) is 2.25. The SMILES string of the molecule is COCCOc1c(CC(C)=O)cccc1OC. The summed E-state index contributed by atoms with van der Waals surface area (Å²) in [5.41, 5.74) is 0.841. The number of hydrogen-bond donors (Lipinski definition) is 0. The molecule has 0 saturated carbocycles. The van der Waals surface area contributed by atoms with Gasteiger partial charge in [0.05, 0.1) is 13.7 Å². The summed E-state index contributed by atoms with van der Waals surface area (Å²) < 4.78 is 15.7. The number of hydrogen-bond acceptors (Lipinski definition) is 4. The molecule has 4 heteroatoms. The zero-order valence-corrected chi connectivity index (χ0v) is 10.5. The highest BCUT2D eigenvalue weighted by Crippen LogP contribution is 2.31. The minimum atomic E-state index is 0.0924. The quantitative estimate of drug-likeness (QED) is 0.680. The topological polar surface area (TPSA) is 44.8 Å². The molecule has 17 heavy (non-hydrogen) atoms. The van der Waals surface area contributed by atoms with Crippen LogP contribution in [0.1, 0.15) is 12.5 Å². The standard InChI is InChI=1S/C13H18O4/c1-10(14)9-11-5-4-6-12(16-3)13(11)17-8-7-15-2/h4-6H,7-9H2,1-3H3. The van der Waals surface area contributed by atoms with Gasteiger partial charge in [0, 0.05) is 19.1 Å². The molecule has 0 spiro atoms. The molecule has 0 unspecified atom stereocenters. The Balaban J connectivity index is 2.89. The van der Waals surface area contributed by atoms with E-state index >= 15 is 0 Å². The molecular weight excluding hydrogens is 220 g/mol. The van der Waals surface area contributed by atoms with Crippen molar-refractivity contribution in [2.24, 2.45) is 0 Å². The van der Waals surface area contributed by atoms with E-state index in [1.807, 2.05) is 18.2 Å². The van der Waals surface area contributed by atoms with Crippen molar-refractivity contribution in [2.75, 3.05) is 27.4 Å². The van der Waals surface area contributed by atoms with Gasteiger partial charge in [-0.05, 0) is 13.0 Å². The average molecular weight is 238 g/mol. The third kappa shape index (κ3) is 4.07. The molecule has 0 N–H and O–H groups in total. The lowest BCUT2D eigenvalue weighted by Gasteiger charge is -2.14. The molecule has 4 nitrogen and oxygen atoms in total. The molecule has 0 amide bonds. The van der Waals surface area contributed by atoms with E-state index in [-0.39, 0.29) is 5.78 Å². The number of carbonyl (C=O) groups is 1. The molecule has 0 bridgehead atoms. The number of ketones is 1. The van der Waals surface area contributed by atoms with Gasteiger partial charge in [0.1, 0.15) is 12.4 Å². The maximum Gasteiger partial charge on any atom is 0.164 e. The molecule has 0 heterocycles. The first-order valence-electron chi connectivity index (χ1n) is 5.46. The van der Waals surface area contributed by atoms with Gasteiger partial charge in [-0.1, -0.05) is 12.1 Å². The van der Waals surface area contributed by atoms with Crippen LogP contribution in [0.3, 0.4) is 0 Å². The highest BCUT2D eigenvalue weighted by atomic mass is 16.5. The number of benzene rings is 1. The van der Waals surface area contributed by atoms with Gasteiger partial charge >= 0.3 is 0 Å². The van der Waals surface area contributed by atoms with Crippen LogP contribution in [0, 0.1) is 0 Å². The summed E-state index contributed by atoms with van der Waals surface area (Å²) in [5.74, 6) is 1.36. The van der Waals surface area contributed by atoms with Crippen LogP contribution in [0.5, 0.6) is 11.5 Å². The first kappa shape index (κ1) is 13.5. The molecule has 0 fully saturated rings. The second-order valence-corrected chi connectivity index (χ2v) is 3.67. The number of ether oxygens (including phenoxy) is 3. The van der Waals surface area contributed by atoms with Gasteiger partial charge < -0.3 is 14.2 Å². The van der Waals surface area contributed by atoms with Crippen molar-refractivity contribution in [3.63, 3.8) is 0 Å². The van der Waals surface area contributed by atoms with Crippen LogP contribution in [0.2, 0.25) is 0 Å². The summed E-state index contributed by atoms with van der Waals surface area (Å²) in [6.07, 6.45) is 0.347. The van der Waals surface area contributed by atoms with Gasteiger partial charge in [0.2, 0.25) is 0 Å². The molecule has 1 rings (SSSR count). The lowest BCUT2D eigenvalue weighted by atomic mass is 10.1. The van der Waals surface area contributed by atoms with Gasteiger partial charge in [0.15, 0.2) is 11.5 Å².